The Morgan fingerprint density at radius 1 is 0.974 bits per heavy atom. The topological polar surface area (TPSA) is 101 Å². The fourth-order valence-electron chi connectivity index (χ4n) is 4.86. The normalized spacial score (nSPS) is 15.6. The molecule has 2 amide bonds. The maximum absolute atomic E-state index is 14.9. The molecule has 2 aromatic carbocycles. The van der Waals surface area contributed by atoms with Gasteiger partial charge in [-0.3, -0.25) is 4.79 Å². The summed E-state index contributed by atoms with van der Waals surface area (Å²) in [4.78, 5) is 32.3. The number of hydrogen-bond acceptors (Lipinski definition) is 6. The van der Waals surface area contributed by atoms with Crippen LogP contribution in [0.2, 0.25) is 0 Å². The highest BCUT2D eigenvalue weighted by Gasteiger charge is 2.26. The number of hydrogen-bond donors (Lipinski definition) is 2. The first-order valence-electron chi connectivity index (χ1n) is 12.8. The van der Waals surface area contributed by atoms with Gasteiger partial charge in [-0.15, -0.1) is 0 Å². The molecule has 0 radical (unpaired) electrons. The van der Waals surface area contributed by atoms with Gasteiger partial charge < -0.3 is 25.6 Å². The molecule has 1 aromatic heterocycles. The van der Waals surface area contributed by atoms with Crippen molar-refractivity contribution < 1.29 is 18.7 Å². The van der Waals surface area contributed by atoms with Crippen molar-refractivity contribution >= 4 is 23.5 Å². The van der Waals surface area contributed by atoms with E-state index in [9.17, 15) is 14.0 Å². The minimum absolute atomic E-state index is 0.0879. The zero-order valence-corrected chi connectivity index (χ0v) is 21.9. The summed E-state index contributed by atoms with van der Waals surface area (Å²) in [6.45, 7) is 8.65. The smallest absolute Gasteiger partial charge is 0.410 e. The Kier molecular flexibility index (Phi) is 6.69. The summed E-state index contributed by atoms with van der Waals surface area (Å²) in [5.74, 6) is -0.622. The Bertz CT molecular complexity index is 1380. The Hall–Kier alpha value is -4.14. The van der Waals surface area contributed by atoms with Gasteiger partial charge >= 0.3 is 6.09 Å². The predicted octanol–water partition coefficient (Wildman–Crippen LogP) is 4.48. The molecule has 5 rings (SSSR count). The maximum atomic E-state index is 14.9. The third kappa shape index (κ3) is 5.27. The molecule has 2 aliphatic heterocycles. The Balaban J connectivity index is 1.33. The number of nitrogens with one attached hydrogen (secondary N) is 1. The molecule has 2 aliphatic rings. The highest BCUT2D eigenvalue weighted by Crippen LogP contribution is 2.34. The van der Waals surface area contributed by atoms with Crippen LogP contribution in [0.1, 0.15) is 36.7 Å². The zero-order chi connectivity index (χ0) is 27.0. The molecule has 0 aliphatic carbocycles. The van der Waals surface area contributed by atoms with Crippen LogP contribution in [0, 0.1) is 5.95 Å². The van der Waals surface area contributed by atoms with E-state index in [4.69, 9.17) is 10.5 Å². The molecular weight excluding hydrogens is 485 g/mol. The summed E-state index contributed by atoms with van der Waals surface area (Å²) < 4.78 is 20.4. The van der Waals surface area contributed by atoms with Gasteiger partial charge in [0, 0.05) is 55.1 Å². The summed E-state index contributed by atoms with van der Waals surface area (Å²) in [5, 5.41) is 2.84. The number of amides is 2. The second-order valence-corrected chi connectivity index (χ2v) is 10.6. The van der Waals surface area contributed by atoms with Crippen LogP contribution in [0.15, 0.2) is 48.5 Å². The molecule has 9 heteroatoms. The zero-order valence-electron chi connectivity index (χ0n) is 21.9. The van der Waals surface area contributed by atoms with Crippen molar-refractivity contribution in [1.29, 1.82) is 0 Å². The molecule has 198 valence electrons. The van der Waals surface area contributed by atoms with E-state index >= 15 is 0 Å². The second-order valence-electron chi connectivity index (χ2n) is 10.6. The number of anilines is 2. The molecule has 0 unspecified atom stereocenters. The second kappa shape index (κ2) is 9.96. The van der Waals surface area contributed by atoms with E-state index in [1.54, 1.807) is 17.0 Å². The van der Waals surface area contributed by atoms with Gasteiger partial charge in [0.25, 0.3) is 5.91 Å². The number of aromatic nitrogens is 1. The predicted molar refractivity (Wildman–Crippen MR) is 146 cm³/mol. The molecule has 3 N–H and O–H groups in total. The highest BCUT2D eigenvalue weighted by molar-refractivity contribution is 5.97. The van der Waals surface area contributed by atoms with Gasteiger partial charge in [-0.05, 0) is 68.1 Å². The molecule has 0 spiro atoms. The fourth-order valence-corrected chi connectivity index (χ4v) is 4.86. The molecule has 0 atom stereocenters. The molecule has 38 heavy (non-hydrogen) atoms. The fraction of sp³-hybridized carbons (Fsp3) is 0.345. The number of rotatable bonds is 3. The van der Waals surface area contributed by atoms with Gasteiger partial charge in [-0.1, -0.05) is 24.3 Å². The van der Waals surface area contributed by atoms with E-state index in [1.807, 2.05) is 57.2 Å². The minimum Gasteiger partial charge on any atom is -0.444 e. The van der Waals surface area contributed by atoms with Gasteiger partial charge in [0.05, 0.1) is 0 Å². The van der Waals surface area contributed by atoms with Crippen LogP contribution in [0.3, 0.4) is 0 Å². The number of fused-ring (bicyclic) bond motifs is 1. The molecule has 1 fully saturated rings. The van der Waals surface area contributed by atoms with Crippen LogP contribution in [0.25, 0.3) is 22.3 Å². The van der Waals surface area contributed by atoms with Crippen molar-refractivity contribution in [1.82, 2.24) is 15.2 Å². The van der Waals surface area contributed by atoms with Crippen molar-refractivity contribution in [3.8, 4) is 22.3 Å². The van der Waals surface area contributed by atoms with Crippen molar-refractivity contribution in [3.05, 3.63) is 65.6 Å². The summed E-state index contributed by atoms with van der Waals surface area (Å²) in [6, 6.07) is 14.9. The number of carbonyl (C=O) groups excluding carboxylic acids is 2. The molecular formula is C29H32FN5O3. The number of nitrogens with two attached hydrogens (primary N) is 1. The Morgan fingerprint density at radius 2 is 1.66 bits per heavy atom. The van der Waals surface area contributed by atoms with Gasteiger partial charge in [0.15, 0.2) is 0 Å². The summed E-state index contributed by atoms with van der Waals surface area (Å²) in [5.41, 5.74) is 10.6. The van der Waals surface area contributed by atoms with E-state index in [0.29, 0.717) is 55.0 Å². The summed E-state index contributed by atoms with van der Waals surface area (Å²) in [7, 11) is 0. The van der Waals surface area contributed by atoms with Crippen molar-refractivity contribution in [3.63, 3.8) is 0 Å². The average molecular weight is 518 g/mol. The third-order valence-corrected chi connectivity index (χ3v) is 6.82. The first-order valence-corrected chi connectivity index (χ1v) is 12.8. The highest BCUT2D eigenvalue weighted by atomic mass is 19.1. The average Bonchev–Trinajstić information content (AvgIpc) is 2.88. The number of pyridine rings is 1. The summed E-state index contributed by atoms with van der Waals surface area (Å²) >= 11 is 0. The maximum Gasteiger partial charge on any atom is 0.410 e. The molecule has 0 saturated carbocycles. The number of benzene rings is 2. The quantitative estimate of drug-likeness (QED) is 0.497. The van der Waals surface area contributed by atoms with Gasteiger partial charge in [-0.2, -0.15) is 4.39 Å². The number of halogens is 1. The minimum atomic E-state index is -0.637. The van der Waals surface area contributed by atoms with Gasteiger partial charge in [0.1, 0.15) is 11.4 Å². The summed E-state index contributed by atoms with van der Waals surface area (Å²) in [6.07, 6.45) is 0.431. The Labute approximate surface area is 221 Å². The largest absolute Gasteiger partial charge is 0.444 e. The lowest BCUT2D eigenvalue weighted by molar-refractivity contribution is 0.0240. The van der Waals surface area contributed by atoms with E-state index < -0.39 is 11.5 Å². The van der Waals surface area contributed by atoms with Crippen molar-refractivity contribution in [2.75, 3.05) is 43.4 Å². The van der Waals surface area contributed by atoms with Crippen LogP contribution in [0.4, 0.5) is 20.7 Å². The van der Waals surface area contributed by atoms with E-state index in [1.165, 1.54) is 0 Å². The monoisotopic (exact) mass is 517 g/mol. The Morgan fingerprint density at radius 3 is 2.34 bits per heavy atom. The lowest BCUT2D eigenvalue weighted by Crippen LogP contribution is -2.50. The first kappa shape index (κ1) is 25.5. The van der Waals surface area contributed by atoms with Crippen LogP contribution in [-0.2, 0) is 11.2 Å². The lowest BCUT2D eigenvalue weighted by Gasteiger charge is -2.36. The SMILES string of the molecule is CC(C)(C)OC(=O)N1CCN(c2ccc(-c3cc(-c4ccc5c(c4)CCNC5=O)c(N)nc3F)cc2)CC1. The number of ether oxygens (including phenoxy) is 1. The third-order valence-electron chi connectivity index (χ3n) is 6.82. The van der Waals surface area contributed by atoms with Crippen molar-refractivity contribution in [2.45, 2.75) is 32.8 Å². The molecule has 0 bridgehead atoms. The van der Waals surface area contributed by atoms with Gasteiger partial charge in [0.2, 0.25) is 5.95 Å². The van der Waals surface area contributed by atoms with E-state index in [2.05, 4.69) is 15.2 Å². The van der Waals surface area contributed by atoms with E-state index in [0.717, 1.165) is 23.2 Å². The number of piperazine rings is 1. The van der Waals surface area contributed by atoms with Crippen molar-refractivity contribution in [2.24, 2.45) is 0 Å². The number of nitrogens with zero attached hydrogens (tertiary/aromatic N) is 3. The number of carbonyl (C=O) groups is 2. The number of nitrogen functional groups attached to an aromatic ring is 1. The van der Waals surface area contributed by atoms with Crippen LogP contribution < -0.4 is 16.0 Å². The van der Waals surface area contributed by atoms with Crippen LogP contribution in [0.5, 0.6) is 0 Å². The van der Waals surface area contributed by atoms with Crippen LogP contribution in [-0.4, -0.2) is 60.2 Å². The van der Waals surface area contributed by atoms with E-state index in [-0.39, 0.29) is 17.8 Å². The molecule has 3 heterocycles. The van der Waals surface area contributed by atoms with Crippen LogP contribution >= 0.6 is 0 Å². The van der Waals surface area contributed by atoms with Gasteiger partial charge in [-0.25, -0.2) is 9.78 Å². The first-order chi connectivity index (χ1) is 18.1. The lowest BCUT2D eigenvalue weighted by atomic mass is 9.94. The molecule has 8 nitrogen and oxygen atoms in total. The molecule has 3 aromatic rings. The molecule has 1 saturated heterocycles. The standard InChI is InChI=1S/C29H32FN5O3/c1-29(2,3)38-28(37)35-14-12-34(13-15-35)21-7-4-18(5-8-21)23-17-24(26(31)33-25(23)30)19-6-9-22-20(16-19)10-11-32-27(22)36/h4-9,16-17H,10-15H2,1-3H3,(H2,31,33)(H,32,36).